The molecule has 2 fully saturated rings. The molecule has 4 N–H and O–H groups in total. The van der Waals surface area contributed by atoms with Crippen LogP contribution in [0.15, 0.2) is 16.5 Å². The van der Waals surface area contributed by atoms with E-state index in [1.807, 2.05) is 6.92 Å². The molecule has 0 aliphatic carbocycles. The van der Waals surface area contributed by atoms with Gasteiger partial charge in [-0.3, -0.25) is 4.99 Å². The van der Waals surface area contributed by atoms with Gasteiger partial charge in [0.2, 0.25) is 0 Å². The van der Waals surface area contributed by atoms with Gasteiger partial charge >= 0.3 is 0 Å². The molecule has 0 aromatic rings. The summed E-state index contributed by atoms with van der Waals surface area (Å²) < 4.78 is 5.62. The Morgan fingerprint density at radius 1 is 1.47 bits per heavy atom. The molecular weight excluding hydrogens is 268 g/mol. The van der Waals surface area contributed by atoms with Crippen molar-refractivity contribution in [2.75, 3.05) is 7.05 Å². The second-order valence-electron chi connectivity index (χ2n) is 4.65. The number of nitrogens with zero attached hydrogens (tertiary/aromatic N) is 1. The van der Waals surface area contributed by atoms with Crippen LogP contribution in [0.2, 0.25) is 0 Å². The van der Waals surface area contributed by atoms with Crippen molar-refractivity contribution in [3.05, 3.63) is 11.5 Å². The molecule has 0 bridgehead atoms. The molecule has 4 atom stereocenters. The molecule has 0 aromatic heterocycles. The molecule has 2 saturated heterocycles. The van der Waals surface area contributed by atoms with Gasteiger partial charge < -0.3 is 25.4 Å². The fourth-order valence-corrected chi connectivity index (χ4v) is 3.20. The third-order valence-electron chi connectivity index (χ3n) is 3.27. The monoisotopic (exact) mass is 288 g/mol. The summed E-state index contributed by atoms with van der Waals surface area (Å²) in [5.41, 5.74) is -0.379. The smallest absolute Gasteiger partial charge is 0.174 e. The first-order chi connectivity index (χ1) is 9.08. The van der Waals surface area contributed by atoms with Crippen molar-refractivity contribution in [1.82, 2.24) is 5.32 Å². The Morgan fingerprint density at radius 3 is 2.84 bits per heavy atom. The van der Waals surface area contributed by atoms with Crippen molar-refractivity contribution in [3.63, 3.8) is 0 Å². The van der Waals surface area contributed by atoms with Crippen molar-refractivity contribution in [2.45, 2.75) is 49.9 Å². The number of hydrogen-bond acceptors (Lipinski definition) is 6. The SMILES string of the molecule is CCCC/C(O)=C1/O[C@@H]2SC(=NC)N[C@@H]2[C@@H](O)[C@@H]1O. The number of ether oxygens (including phenoxy) is 1. The quantitative estimate of drug-likeness (QED) is 0.572. The van der Waals surface area contributed by atoms with Crippen molar-refractivity contribution in [2.24, 2.45) is 4.99 Å². The Kier molecular flexibility index (Phi) is 4.59. The van der Waals surface area contributed by atoms with Gasteiger partial charge in [-0.1, -0.05) is 13.3 Å². The number of amidine groups is 1. The molecule has 0 unspecified atom stereocenters. The lowest BCUT2D eigenvalue weighted by atomic mass is 9.99. The number of aliphatic imine (C=N–C) groups is 1. The topological polar surface area (TPSA) is 94.3 Å². The number of hydrogen-bond donors (Lipinski definition) is 4. The molecule has 2 aliphatic rings. The maximum Gasteiger partial charge on any atom is 0.174 e. The number of fused-ring (bicyclic) bond motifs is 1. The van der Waals surface area contributed by atoms with Crippen LogP contribution in [0.4, 0.5) is 0 Å². The zero-order chi connectivity index (χ0) is 14.0. The summed E-state index contributed by atoms with van der Waals surface area (Å²) in [6.45, 7) is 2.02. The maximum atomic E-state index is 10.1. The Labute approximate surface area is 116 Å². The Balaban J connectivity index is 2.17. The van der Waals surface area contributed by atoms with Crippen molar-refractivity contribution < 1.29 is 20.1 Å². The van der Waals surface area contributed by atoms with E-state index in [9.17, 15) is 15.3 Å². The largest absolute Gasteiger partial charge is 0.509 e. The molecule has 0 aromatic carbocycles. The second-order valence-corrected chi connectivity index (χ2v) is 5.74. The lowest BCUT2D eigenvalue weighted by molar-refractivity contribution is -0.0742. The lowest BCUT2D eigenvalue weighted by Crippen LogP contribution is -2.54. The molecule has 19 heavy (non-hydrogen) atoms. The zero-order valence-corrected chi connectivity index (χ0v) is 11.9. The van der Waals surface area contributed by atoms with Gasteiger partial charge in [-0.25, -0.2) is 0 Å². The first-order valence-corrected chi connectivity index (χ1v) is 7.31. The van der Waals surface area contributed by atoms with Crippen LogP contribution >= 0.6 is 11.8 Å². The minimum Gasteiger partial charge on any atom is -0.509 e. The lowest BCUT2D eigenvalue weighted by Gasteiger charge is -2.35. The molecule has 2 aliphatic heterocycles. The van der Waals surface area contributed by atoms with Crippen molar-refractivity contribution >= 4 is 16.9 Å². The van der Waals surface area contributed by atoms with E-state index in [1.54, 1.807) is 7.05 Å². The van der Waals surface area contributed by atoms with Crippen LogP contribution in [0.1, 0.15) is 26.2 Å². The van der Waals surface area contributed by atoms with Crippen LogP contribution in [0.25, 0.3) is 0 Å². The number of aliphatic hydroxyl groups excluding tert-OH is 3. The minimum atomic E-state index is -1.21. The van der Waals surface area contributed by atoms with E-state index in [4.69, 9.17) is 4.74 Å². The van der Waals surface area contributed by atoms with E-state index in [0.717, 1.165) is 12.8 Å². The number of allylic oxidation sites excluding steroid dienone is 1. The Morgan fingerprint density at radius 2 is 2.21 bits per heavy atom. The average molecular weight is 288 g/mol. The van der Waals surface area contributed by atoms with Gasteiger partial charge in [0, 0.05) is 13.5 Å². The molecule has 2 heterocycles. The summed E-state index contributed by atoms with van der Waals surface area (Å²) >= 11 is 1.35. The molecule has 0 saturated carbocycles. The van der Waals surface area contributed by atoms with Gasteiger partial charge in [0.15, 0.2) is 16.4 Å². The van der Waals surface area contributed by atoms with Crippen LogP contribution in [0.5, 0.6) is 0 Å². The molecule has 108 valence electrons. The number of rotatable bonds is 3. The number of aliphatic hydroxyl groups is 3. The molecule has 0 spiro atoms. The minimum absolute atomic E-state index is 0.0225. The molecule has 2 rings (SSSR count). The highest BCUT2D eigenvalue weighted by molar-refractivity contribution is 8.14. The van der Waals surface area contributed by atoms with Crippen LogP contribution < -0.4 is 5.32 Å². The highest BCUT2D eigenvalue weighted by atomic mass is 32.2. The van der Waals surface area contributed by atoms with E-state index in [0.29, 0.717) is 11.6 Å². The highest BCUT2D eigenvalue weighted by Gasteiger charge is 2.48. The van der Waals surface area contributed by atoms with Gasteiger partial charge in [-0.2, -0.15) is 0 Å². The van der Waals surface area contributed by atoms with E-state index >= 15 is 0 Å². The normalized spacial score (nSPS) is 38.6. The van der Waals surface area contributed by atoms with Crippen molar-refractivity contribution in [3.8, 4) is 0 Å². The first kappa shape index (κ1) is 14.5. The van der Waals surface area contributed by atoms with E-state index in [2.05, 4.69) is 10.3 Å². The molecule has 7 heteroatoms. The Hall–Kier alpha value is -0.920. The van der Waals surface area contributed by atoms with Crippen molar-refractivity contribution in [1.29, 1.82) is 0 Å². The third-order valence-corrected chi connectivity index (χ3v) is 4.41. The van der Waals surface area contributed by atoms with Crippen LogP contribution in [-0.2, 0) is 4.74 Å². The summed E-state index contributed by atoms with van der Waals surface area (Å²) in [6.07, 6.45) is -0.0419. The fourth-order valence-electron chi connectivity index (χ4n) is 2.14. The highest BCUT2D eigenvalue weighted by Crippen LogP contribution is 2.36. The Bertz CT molecular complexity index is 399. The average Bonchev–Trinajstić information content (AvgIpc) is 2.83. The van der Waals surface area contributed by atoms with Gasteiger partial charge in [0.1, 0.15) is 24.0 Å². The van der Waals surface area contributed by atoms with Crippen LogP contribution in [0.3, 0.4) is 0 Å². The number of unbranched alkanes of at least 4 members (excludes halogenated alkanes) is 1. The first-order valence-electron chi connectivity index (χ1n) is 6.43. The predicted molar refractivity (Wildman–Crippen MR) is 73.9 cm³/mol. The number of nitrogens with one attached hydrogen (secondary N) is 1. The van der Waals surface area contributed by atoms with Gasteiger partial charge in [-0.15, -0.1) is 0 Å². The second kappa shape index (κ2) is 6.02. The zero-order valence-electron chi connectivity index (χ0n) is 11.0. The number of thioether (sulfide) groups is 1. The van der Waals surface area contributed by atoms with Crippen LogP contribution in [0, 0.1) is 0 Å². The summed E-state index contributed by atoms with van der Waals surface area (Å²) in [5.74, 6) is 0.114. The summed E-state index contributed by atoms with van der Waals surface area (Å²) in [5, 5.41) is 33.8. The van der Waals surface area contributed by atoms with E-state index in [-0.39, 0.29) is 17.0 Å². The summed E-state index contributed by atoms with van der Waals surface area (Å²) in [4.78, 5) is 4.01. The predicted octanol–water partition coefficient (Wildman–Crippen LogP) is 0.715. The molecule has 0 amide bonds. The van der Waals surface area contributed by atoms with E-state index in [1.165, 1.54) is 11.8 Å². The van der Waals surface area contributed by atoms with Gasteiger partial charge in [-0.05, 0) is 18.2 Å². The standard InChI is InChI=1S/C12H20N2O4S/c1-3-4-5-6(15)10-9(17)8(16)7-11(18-10)19-12(13-2)14-7/h7-9,11,15-17H,3-5H2,1-2H3,(H,13,14)/b10-6-/t7-,8-,9+,11-/m1/s1. The fraction of sp³-hybridized carbons (Fsp3) is 0.750. The summed E-state index contributed by atoms with van der Waals surface area (Å²) in [6, 6.07) is -0.415. The molecule has 6 nitrogen and oxygen atoms in total. The molecular formula is C12H20N2O4S. The van der Waals surface area contributed by atoms with Gasteiger partial charge in [0.05, 0.1) is 0 Å². The maximum absolute atomic E-state index is 10.1. The summed E-state index contributed by atoms with van der Waals surface area (Å²) in [7, 11) is 1.64. The van der Waals surface area contributed by atoms with Gasteiger partial charge in [0.25, 0.3) is 0 Å². The van der Waals surface area contributed by atoms with E-state index < -0.39 is 18.2 Å². The van der Waals surface area contributed by atoms with Crippen LogP contribution in [-0.4, -0.2) is 51.2 Å². The molecule has 0 radical (unpaired) electrons. The third kappa shape index (κ3) is 2.82.